The van der Waals surface area contributed by atoms with Gasteiger partial charge in [-0.3, -0.25) is 4.79 Å². The molecule has 0 aromatic heterocycles. The lowest BCUT2D eigenvalue weighted by molar-refractivity contribution is -0.131. The van der Waals surface area contributed by atoms with Crippen molar-refractivity contribution in [1.29, 1.82) is 0 Å². The first-order valence-corrected chi connectivity index (χ1v) is 9.68. The SMILES string of the molecule is O=C(CNCC(F)(F)c1cccc(OCc2ccccc2)c1)N1CCCCC1. The molecule has 4 nitrogen and oxygen atoms in total. The van der Waals surface area contributed by atoms with Crippen LogP contribution in [0.2, 0.25) is 0 Å². The minimum Gasteiger partial charge on any atom is -0.489 e. The first-order chi connectivity index (χ1) is 13.5. The number of rotatable bonds is 8. The summed E-state index contributed by atoms with van der Waals surface area (Å²) >= 11 is 0. The van der Waals surface area contributed by atoms with Crippen molar-refractivity contribution in [3.63, 3.8) is 0 Å². The third-order valence-electron chi connectivity index (χ3n) is 4.84. The molecule has 1 fully saturated rings. The molecule has 2 aromatic rings. The molecular weight excluding hydrogens is 362 g/mol. The molecule has 28 heavy (non-hydrogen) atoms. The Hall–Kier alpha value is -2.47. The summed E-state index contributed by atoms with van der Waals surface area (Å²) in [7, 11) is 0. The van der Waals surface area contributed by atoms with E-state index in [1.807, 2.05) is 30.3 Å². The lowest BCUT2D eigenvalue weighted by atomic mass is 10.1. The summed E-state index contributed by atoms with van der Waals surface area (Å²) in [5.74, 6) is -2.81. The summed E-state index contributed by atoms with van der Waals surface area (Å²) in [5.41, 5.74) is 0.841. The highest BCUT2D eigenvalue weighted by atomic mass is 19.3. The van der Waals surface area contributed by atoms with Gasteiger partial charge in [0.15, 0.2) is 0 Å². The molecule has 0 atom stereocenters. The number of likely N-dealkylation sites (tertiary alicyclic amines) is 1. The van der Waals surface area contributed by atoms with Gasteiger partial charge in [0.1, 0.15) is 12.4 Å². The zero-order valence-electron chi connectivity index (χ0n) is 15.9. The zero-order chi connectivity index (χ0) is 19.8. The first kappa shape index (κ1) is 20.3. The van der Waals surface area contributed by atoms with Crippen LogP contribution in [0.15, 0.2) is 54.6 Å². The van der Waals surface area contributed by atoms with E-state index in [9.17, 15) is 13.6 Å². The Balaban J connectivity index is 1.51. The lowest BCUT2D eigenvalue weighted by Crippen LogP contribution is -2.43. The number of ether oxygens (including phenoxy) is 1. The predicted octanol–water partition coefficient (Wildman–Crippen LogP) is 3.96. The molecule has 1 aliphatic heterocycles. The highest BCUT2D eigenvalue weighted by Gasteiger charge is 2.32. The summed E-state index contributed by atoms with van der Waals surface area (Å²) in [4.78, 5) is 13.8. The van der Waals surface area contributed by atoms with Crippen LogP contribution in [-0.2, 0) is 17.3 Å². The van der Waals surface area contributed by atoms with E-state index in [0.717, 1.165) is 37.9 Å². The van der Waals surface area contributed by atoms with Gasteiger partial charge in [0, 0.05) is 18.7 Å². The third-order valence-corrected chi connectivity index (χ3v) is 4.84. The minimum atomic E-state index is -3.09. The van der Waals surface area contributed by atoms with Crippen LogP contribution in [-0.4, -0.2) is 37.0 Å². The monoisotopic (exact) mass is 388 g/mol. The Bertz CT molecular complexity index is 762. The maximum absolute atomic E-state index is 14.5. The standard InChI is InChI=1S/C22H26F2N2O2/c23-22(24,17-25-15-21(27)26-12-5-2-6-13-26)19-10-7-11-20(14-19)28-16-18-8-3-1-4-9-18/h1,3-4,7-11,14,25H,2,5-6,12-13,15-17H2. The number of carbonyl (C=O) groups excluding carboxylic acids is 1. The highest BCUT2D eigenvalue weighted by Crippen LogP contribution is 2.30. The normalized spacial score (nSPS) is 14.7. The van der Waals surface area contributed by atoms with Gasteiger partial charge in [0.05, 0.1) is 13.1 Å². The number of hydrogen-bond donors (Lipinski definition) is 1. The van der Waals surface area contributed by atoms with Crippen LogP contribution in [0.5, 0.6) is 5.75 Å². The summed E-state index contributed by atoms with van der Waals surface area (Å²) in [6.07, 6.45) is 3.09. The molecule has 1 saturated heterocycles. The van der Waals surface area contributed by atoms with Crippen LogP contribution >= 0.6 is 0 Å². The number of piperidine rings is 1. The number of nitrogens with zero attached hydrogens (tertiary/aromatic N) is 1. The fourth-order valence-electron chi connectivity index (χ4n) is 3.24. The average molecular weight is 388 g/mol. The Morgan fingerprint density at radius 2 is 1.79 bits per heavy atom. The van der Waals surface area contributed by atoms with Crippen LogP contribution in [0.1, 0.15) is 30.4 Å². The largest absolute Gasteiger partial charge is 0.489 e. The van der Waals surface area contributed by atoms with E-state index in [1.54, 1.807) is 17.0 Å². The molecular formula is C22H26F2N2O2. The number of benzene rings is 2. The molecule has 1 aliphatic rings. The quantitative estimate of drug-likeness (QED) is 0.744. The van der Waals surface area contributed by atoms with Gasteiger partial charge in [-0.05, 0) is 37.0 Å². The van der Waals surface area contributed by atoms with Crippen LogP contribution < -0.4 is 10.1 Å². The fraction of sp³-hybridized carbons (Fsp3) is 0.409. The van der Waals surface area contributed by atoms with Crippen LogP contribution in [0.25, 0.3) is 0 Å². The van der Waals surface area contributed by atoms with E-state index in [0.29, 0.717) is 12.4 Å². The van der Waals surface area contributed by atoms with E-state index in [2.05, 4.69) is 5.32 Å². The second kappa shape index (κ2) is 9.64. The van der Waals surface area contributed by atoms with E-state index in [-0.39, 0.29) is 18.0 Å². The van der Waals surface area contributed by atoms with E-state index < -0.39 is 12.5 Å². The minimum absolute atomic E-state index is 0.0697. The Kier molecular flexibility index (Phi) is 6.98. The Morgan fingerprint density at radius 3 is 2.54 bits per heavy atom. The van der Waals surface area contributed by atoms with Crippen LogP contribution in [0.4, 0.5) is 8.78 Å². The number of carbonyl (C=O) groups is 1. The van der Waals surface area contributed by atoms with Crippen molar-refractivity contribution in [2.24, 2.45) is 0 Å². The topological polar surface area (TPSA) is 41.6 Å². The molecule has 0 radical (unpaired) electrons. The molecule has 6 heteroatoms. The van der Waals surface area contributed by atoms with Gasteiger partial charge in [-0.25, -0.2) is 0 Å². The molecule has 0 saturated carbocycles. The molecule has 0 unspecified atom stereocenters. The molecule has 0 spiro atoms. The van der Waals surface area contributed by atoms with Crippen molar-refractivity contribution in [3.05, 3.63) is 65.7 Å². The number of alkyl halides is 2. The summed E-state index contributed by atoms with van der Waals surface area (Å²) in [6, 6.07) is 15.5. The lowest BCUT2D eigenvalue weighted by Gasteiger charge is -2.27. The molecule has 0 aliphatic carbocycles. The number of hydrogen-bond acceptors (Lipinski definition) is 3. The molecule has 3 rings (SSSR count). The third kappa shape index (κ3) is 5.76. The van der Waals surface area contributed by atoms with E-state index in [1.165, 1.54) is 12.1 Å². The fourth-order valence-corrected chi connectivity index (χ4v) is 3.24. The van der Waals surface area contributed by atoms with Gasteiger partial charge < -0.3 is 15.0 Å². The average Bonchev–Trinajstić information content (AvgIpc) is 2.74. The summed E-state index contributed by atoms with van der Waals surface area (Å²) in [6.45, 7) is 1.10. The van der Waals surface area contributed by atoms with Gasteiger partial charge in [-0.15, -0.1) is 0 Å². The van der Waals surface area contributed by atoms with Gasteiger partial charge in [0.25, 0.3) is 5.92 Å². The number of amides is 1. The van der Waals surface area contributed by atoms with Gasteiger partial charge in [-0.2, -0.15) is 8.78 Å². The zero-order valence-corrected chi connectivity index (χ0v) is 15.9. The molecule has 1 amide bonds. The summed E-state index contributed by atoms with van der Waals surface area (Å²) < 4.78 is 34.7. The van der Waals surface area contributed by atoms with Gasteiger partial charge >= 0.3 is 0 Å². The molecule has 150 valence electrons. The van der Waals surface area contributed by atoms with Crippen LogP contribution in [0.3, 0.4) is 0 Å². The van der Waals surface area contributed by atoms with Gasteiger partial charge in [0.2, 0.25) is 5.91 Å². The van der Waals surface area contributed by atoms with Crippen molar-refractivity contribution in [3.8, 4) is 5.75 Å². The second-order valence-corrected chi connectivity index (χ2v) is 7.05. The maximum Gasteiger partial charge on any atom is 0.285 e. The number of nitrogens with one attached hydrogen (secondary N) is 1. The van der Waals surface area contributed by atoms with Crippen molar-refractivity contribution < 1.29 is 18.3 Å². The van der Waals surface area contributed by atoms with Crippen molar-refractivity contribution in [1.82, 2.24) is 10.2 Å². The van der Waals surface area contributed by atoms with Gasteiger partial charge in [-0.1, -0.05) is 42.5 Å². The van der Waals surface area contributed by atoms with Crippen molar-refractivity contribution >= 4 is 5.91 Å². The van der Waals surface area contributed by atoms with E-state index in [4.69, 9.17) is 4.74 Å². The van der Waals surface area contributed by atoms with Crippen molar-refractivity contribution in [2.75, 3.05) is 26.2 Å². The Labute approximate surface area is 164 Å². The molecule has 0 bridgehead atoms. The first-order valence-electron chi connectivity index (χ1n) is 9.68. The molecule has 2 aromatic carbocycles. The Morgan fingerprint density at radius 1 is 1.04 bits per heavy atom. The number of halogens is 2. The van der Waals surface area contributed by atoms with E-state index >= 15 is 0 Å². The smallest absolute Gasteiger partial charge is 0.285 e. The molecule has 1 N–H and O–H groups in total. The highest BCUT2D eigenvalue weighted by molar-refractivity contribution is 5.78. The van der Waals surface area contributed by atoms with Crippen LogP contribution in [0, 0.1) is 0 Å². The predicted molar refractivity (Wildman–Crippen MR) is 104 cm³/mol. The summed E-state index contributed by atoms with van der Waals surface area (Å²) in [5, 5.41) is 2.62. The second-order valence-electron chi connectivity index (χ2n) is 7.05. The molecule has 1 heterocycles. The maximum atomic E-state index is 14.5. The van der Waals surface area contributed by atoms with Crippen molar-refractivity contribution in [2.45, 2.75) is 31.8 Å².